The third kappa shape index (κ3) is 2.70. The highest BCUT2D eigenvalue weighted by Crippen LogP contribution is 2.39. The quantitative estimate of drug-likeness (QED) is 0.620. The molecule has 0 aromatic heterocycles. The number of phenolic OH excluding ortho intramolecular Hbond substituents is 1. The number of ether oxygens (including phenoxy) is 1. The highest BCUT2D eigenvalue weighted by Gasteiger charge is 2.23. The van der Waals surface area contributed by atoms with Crippen LogP contribution in [0, 0.1) is 16.0 Å². The number of rotatable bonds is 5. The summed E-state index contributed by atoms with van der Waals surface area (Å²) in [5.74, 6) is 0.0384. The SMILES string of the molecule is CCC(C)[C@@H](N)c1cc([N+](=O)[O-])cc(OC)c1O. The Morgan fingerprint density at radius 3 is 2.61 bits per heavy atom. The summed E-state index contributed by atoms with van der Waals surface area (Å²) in [7, 11) is 1.34. The summed E-state index contributed by atoms with van der Waals surface area (Å²) < 4.78 is 4.93. The van der Waals surface area contributed by atoms with Gasteiger partial charge in [-0.15, -0.1) is 0 Å². The topological polar surface area (TPSA) is 98.6 Å². The first-order valence-electron chi connectivity index (χ1n) is 5.73. The van der Waals surface area contributed by atoms with Crippen molar-refractivity contribution in [2.45, 2.75) is 26.3 Å². The van der Waals surface area contributed by atoms with Crippen LogP contribution < -0.4 is 10.5 Å². The normalized spacial score (nSPS) is 14.0. The molecule has 0 spiro atoms. The molecule has 0 bridgehead atoms. The summed E-state index contributed by atoms with van der Waals surface area (Å²) in [5, 5.41) is 20.8. The van der Waals surface area contributed by atoms with E-state index in [1.165, 1.54) is 19.2 Å². The van der Waals surface area contributed by atoms with Crippen LogP contribution in [0.4, 0.5) is 5.69 Å². The standard InChI is InChI=1S/C12H18N2O4/c1-4-7(2)11(13)9-5-8(14(16)17)6-10(18-3)12(9)15/h5-7,11,15H,4,13H2,1-3H3/t7?,11-/m1/s1. The molecule has 6 nitrogen and oxygen atoms in total. The molecule has 100 valence electrons. The van der Waals surface area contributed by atoms with E-state index in [9.17, 15) is 15.2 Å². The lowest BCUT2D eigenvalue weighted by Gasteiger charge is -2.20. The minimum absolute atomic E-state index is 0.0675. The fourth-order valence-corrected chi connectivity index (χ4v) is 1.69. The van der Waals surface area contributed by atoms with Crippen molar-refractivity contribution in [3.8, 4) is 11.5 Å². The lowest BCUT2D eigenvalue weighted by molar-refractivity contribution is -0.385. The molecule has 3 N–H and O–H groups in total. The molecule has 0 heterocycles. The van der Waals surface area contributed by atoms with Gasteiger partial charge in [-0.1, -0.05) is 20.3 Å². The number of nitro benzene ring substituents is 1. The van der Waals surface area contributed by atoms with Gasteiger partial charge in [0, 0.05) is 17.7 Å². The Morgan fingerprint density at radius 1 is 1.56 bits per heavy atom. The summed E-state index contributed by atoms with van der Waals surface area (Å²) in [6, 6.07) is 2.01. The fraction of sp³-hybridized carbons (Fsp3) is 0.500. The molecule has 6 heteroatoms. The van der Waals surface area contributed by atoms with Crippen LogP contribution in [-0.4, -0.2) is 17.1 Å². The first kappa shape index (κ1) is 14.2. The van der Waals surface area contributed by atoms with Crippen LogP contribution in [0.2, 0.25) is 0 Å². The predicted molar refractivity (Wildman–Crippen MR) is 67.7 cm³/mol. The second-order valence-electron chi connectivity index (χ2n) is 4.25. The van der Waals surface area contributed by atoms with E-state index in [4.69, 9.17) is 10.5 Å². The first-order chi connectivity index (χ1) is 8.42. The van der Waals surface area contributed by atoms with Gasteiger partial charge in [-0.25, -0.2) is 0 Å². The zero-order valence-corrected chi connectivity index (χ0v) is 10.7. The molecule has 0 fully saturated rings. The van der Waals surface area contributed by atoms with Crippen LogP contribution in [0.15, 0.2) is 12.1 Å². The highest BCUT2D eigenvalue weighted by atomic mass is 16.6. The summed E-state index contributed by atoms with van der Waals surface area (Å²) in [6.45, 7) is 3.89. The lowest BCUT2D eigenvalue weighted by atomic mass is 9.92. The Kier molecular flexibility index (Phi) is 4.49. The van der Waals surface area contributed by atoms with E-state index in [1.807, 2.05) is 13.8 Å². The average molecular weight is 254 g/mol. The summed E-state index contributed by atoms with van der Waals surface area (Å²) in [4.78, 5) is 10.3. The molecule has 0 amide bonds. The van der Waals surface area contributed by atoms with Crippen molar-refractivity contribution in [3.63, 3.8) is 0 Å². The summed E-state index contributed by atoms with van der Waals surface area (Å²) >= 11 is 0. The molecule has 1 unspecified atom stereocenters. The van der Waals surface area contributed by atoms with Crippen LogP contribution in [0.1, 0.15) is 31.9 Å². The summed E-state index contributed by atoms with van der Waals surface area (Å²) in [6.07, 6.45) is 0.811. The molecule has 1 rings (SSSR count). The maximum Gasteiger partial charge on any atom is 0.273 e. The molecule has 0 saturated carbocycles. The molecule has 0 saturated heterocycles. The molecular weight excluding hydrogens is 236 g/mol. The van der Waals surface area contributed by atoms with Crippen molar-refractivity contribution < 1.29 is 14.8 Å². The number of nitrogens with zero attached hydrogens (tertiary/aromatic N) is 1. The predicted octanol–water partition coefficient (Wildman–Crippen LogP) is 2.35. The van der Waals surface area contributed by atoms with Gasteiger partial charge in [-0.3, -0.25) is 10.1 Å². The van der Waals surface area contributed by atoms with Gasteiger partial charge >= 0.3 is 0 Å². The van der Waals surface area contributed by atoms with E-state index in [0.29, 0.717) is 5.56 Å². The van der Waals surface area contributed by atoms with Gasteiger partial charge in [0.1, 0.15) is 0 Å². The molecule has 1 aromatic carbocycles. The smallest absolute Gasteiger partial charge is 0.273 e. The molecule has 0 aliphatic carbocycles. The minimum Gasteiger partial charge on any atom is -0.504 e. The second kappa shape index (κ2) is 5.68. The number of methoxy groups -OCH3 is 1. The lowest BCUT2D eigenvalue weighted by Crippen LogP contribution is -2.19. The third-order valence-electron chi connectivity index (χ3n) is 3.14. The molecule has 0 aliphatic heterocycles. The van der Waals surface area contributed by atoms with Crippen molar-refractivity contribution >= 4 is 5.69 Å². The van der Waals surface area contributed by atoms with Gasteiger partial charge in [0.25, 0.3) is 5.69 Å². The third-order valence-corrected chi connectivity index (χ3v) is 3.14. The molecular formula is C12H18N2O4. The zero-order valence-electron chi connectivity index (χ0n) is 10.7. The molecule has 0 aliphatic rings. The maximum atomic E-state index is 10.8. The van der Waals surface area contributed by atoms with Crippen molar-refractivity contribution in [2.75, 3.05) is 7.11 Å². The Labute approximate surface area is 106 Å². The van der Waals surface area contributed by atoms with E-state index in [-0.39, 0.29) is 23.1 Å². The molecule has 2 atom stereocenters. The molecule has 0 radical (unpaired) electrons. The monoisotopic (exact) mass is 254 g/mol. The number of benzene rings is 1. The minimum atomic E-state index is -0.533. The zero-order chi connectivity index (χ0) is 13.9. The van der Waals surface area contributed by atoms with Gasteiger partial charge in [0.05, 0.1) is 18.1 Å². The number of non-ortho nitro benzene ring substituents is 1. The first-order valence-corrected chi connectivity index (χ1v) is 5.73. The van der Waals surface area contributed by atoms with Crippen LogP contribution in [-0.2, 0) is 0 Å². The number of hydrogen-bond donors (Lipinski definition) is 2. The number of aromatic hydroxyl groups is 1. The maximum absolute atomic E-state index is 10.8. The Hall–Kier alpha value is -1.82. The highest BCUT2D eigenvalue weighted by molar-refractivity contribution is 5.54. The molecule has 18 heavy (non-hydrogen) atoms. The number of phenols is 1. The van der Waals surface area contributed by atoms with E-state index in [1.54, 1.807) is 0 Å². The number of nitrogens with two attached hydrogens (primary N) is 1. The van der Waals surface area contributed by atoms with E-state index >= 15 is 0 Å². The van der Waals surface area contributed by atoms with Crippen molar-refractivity contribution in [3.05, 3.63) is 27.8 Å². The number of hydrogen-bond acceptors (Lipinski definition) is 5. The van der Waals surface area contributed by atoms with Crippen molar-refractivity contribution in [1.82, 2.24) is 0 Å². The van der Waals surface area contributed by atoms with Crippen molar-refractivity contribution in [1.29, 1.82) is 0 Å². The van der Waals surface area contributed by atoms with Gasteiger partial charge in [0.15, 0.2) is 11.5 Å². The van der Waals surface area contributed by atoms with Crippen LogP contribution in [0.5, 0.6) is 11.5 Å². The van der Waals surface area contributed by atoms with Gasteiger partial charge in [-0.05, 0) is 5.92 Å². The van der Waals surface area contributed by atoms with E-state index < -0.39 is 11.0 Å². The van der Waals surface area contributed by atoms with Crippen LogP contribution >= 0.6 is 0 Å². The van der Waals surface area contributed by atoms with Crippen molar-refractivity contribution in [2.24, 2.45) is 11.7 Å². The van der Waals surface area contributed by atoms with E-state index in [0.717, 1.165) is 6.42 Å². The van der Waals surface area contributed by atoms with E-state index in [2.05, 4.69) is 0 Å². The van der Waals surface area contributed by atoms with Gasteiger partial charge in [-0.2, -0.15) is 0 Å². The fourth-order valence-electron chi connectivity index (χ4n) is 1.69. The van der Waals surface area contributed by atoms with Crippen LogP contribution in [0.25, 0.3) is 0 Å². The Balaban J connectivity index is 3.33. The van der Waals surface area contributed by atoms with Crippen LogP contribution in [0.3, 0.4) is 0 Å². The summed E-state index contributed by atoms with van der Waals surface area (Å²) in [5.41, 5.74) is 6.21. The largest absolute Gasteiger partial charge is 0.504 e. The molecule has 1 aromatic rings. The van der Waals surface area contributed by atoms with Gasteiger partial charge < -0.3 is 15.6 Å². The second-order valence-corrected chi connectivity index (χ2v) is 4.25. The number of nitro groups is 1. The average Bonchev–Trinajstić information content (AvgIpc) is 2.36. The van der Waals surface area contributed by atoms with Gasteiger partial charge in [0.2, 0.25) is 0 Å². The Bertz CT molecular complexity index is 448. The Morgan fingerprint density at radius 2 is 2.17 bits per heavy atom.